The Bertz CT molecular complexity index is 610. The summed E-state index contributed by atoms with van der Waals surface area (Å²) in [6, 6.07) is 0.0891. The van der Waals surface area contributed by atoms with Gasteiger partial charge in [-0.25, -0.2) is 0 Å². The third kappa shape index (κ3) is 32.6. The fourth-order valence-corrected chi connectivity index (χ4v) is 3.35. The van der Waals surface area contributed by atoms with Gasteiger partial charge in [-0.2, -0.15) is 0 Å². The van der Waals surface area contributed by atoms with Crippen molar-refractivity contribution in [1.29, 1.82) is 0 Å². The first-order valence-electron chi connectivity index (χ1n) is 13.3. The minimum Gasteiger partial charge on any atom is -0.369 e. The lowest BCUT2D eigenvalue weighted by Crippen LogP contribution is -2.43. The number of carbonyl (C=O) groups is 3. The number of rotatable bonds is 11. The predicted molar refractivity (Wildman–Crippen MR) is 184 cm³/mol. The highest BCUT2D eigenvalue weighted by molar-refractivity contribution is 7.80. The summed E-state index contributed by atoms with van der Waals surface area (Å²) in [5, 5.41) is 11.3. The molecule has 1 fully saturated rings. The van der Waals surface area contributed by atoms with Crippen molar-refractivity contribution in [3.63, 3.8) is 0 Å². The molecule has 2 amide bonds. The van der Waals surface area contributed by atoms with Crippen LogP contribution in [0.3, 0.4) is 0 Å². The van der Waals surface area contributed by atoms with Crippen molar-refractivity contribution in [2.24, 2.45) is 11.3 Å². The third-order valence-electron chi connectivity index (χ3n) is 5.25. The first-order valence-corrected chi connectivity index (χ1v) is 13.7. The molecule has 1 aliphatic rings. The SMILES string of the molecule is C.C.C.C.CCC(CC(C)(C)C(=O)NCC(C)=O)C(=O)NC(C)C.CCCCNC.CN1CCCC1=S.CNC. The molecule has 4 N–H and O–H groups in total. The van der Waals surface area contributed by atoms with Crippen LogP contribution in [0.1, 0.15) is 117 Å². The molecule has 0 aromatic rings. The highest BCUT2D eigenvalue weighted by atomic mass is 32.1. The summed E-state index contributed by atoms with van der Waals surface area (Å²) in [6.07, 6.45) is 6.13. The van der Waals surface area contributed by atoms with Crippen molar-refractivity contribution in [2.75, 3.05) is 47.8 Å². The topological polar surface area (TPSA) is 103 Å². The summed E-state index contributed by atoms with van der Waals surface area (Å²) in [4.78, 5) is 38.3. The lowest BCUT2D eigenvalue weighted by molar-refractivity contribution is -0.134. The standard InChI is InChI=1S/C15H28N2O3.C5H9NS.C5H13N.C2H7N.4CH4/c1-7-12(13(19)17-10(2)3)8-15(5,6)14(20)16-9-11(4)18;1-6-4-2-3-5(6)7;1-3-4-5-6-2;1-3-2;;;;/h10,12H,7-9H2,1-6H3,(H,16,20)(H,17,19);2-4H2,1H3;6H,3-5H2,1-2H3;3H,1-2H3;4*1H4. The lowest BCUT2D eigenvalue weighted by atomic mass is 9.80. The molecule has 1 unspecified atom stereocenters. The minimum atomic E-state index is -0.676. The van der Waals surface area contributed by atoms with E-state index in [0.717, 1.165) is 18.0 Å². The zero-order chi connectivity index (χ0) is 28.7. The summed E-state index contributed by atoms with van der Waals surface area (Å²) < 4.78 is 0. The molecular weight excluding hydrogens is 522 g/mol. The maximum Gasteiger partial charge on any atom is 0.226 e. The highest BCUT2D eigenvalue weighted by Gasteiger charge is 2.33. The normalized spacial score (nSPS) is 12.0. The van der Waals surface area contributed by atoms with Gasteiger partial charge in [0.05, 0.1) is 11.5 Å². The van der Waals surface area contributed by atoms with E-state index >= 15 is 0 Å². The molecule has 0 saturated carbocycles. The number of hydrogen-bond acceptors (Lipinski definition) is 6. The van der Waals surface area contributed by atoms with Gasteiger partial charge in [-0.15, -0.1) is 0 Å². The van der Waals surface area contributed by atoms with Crippen molar-refractivity contribution < 1.29 is 14.4 Å². The maximum absolute atomic E-state index is 12.1. The molecular formula is C31H73N5O3S. The number of carbonyl (C=O) groups excluding carboxylic acids is 3. The molecule has 40 heavy (non-hydrogen) atoms. The fraction of sp³-hybridized carbons (Fsp3) is 0.871. The lowest BCUT2D eigenvalue weighted by Gasteiger charge is -2.28. The predicted octanol–water partition coefficient (Wildman–Crippen LogP) is 6.08. The van der Waals surface area contributed by atoms with Crippen LogP contribution in [0.25, 0.3) is 0 Å². The number of nitrogens with one attached hydrogen (secondary N) is 4. The average molecular weight is 596 g/mol. The number of unbranched alkanes of at least 4 members (excludes halogenated alkanes) is 1. The monoisotopic (exact) mass is 596 g/mol. The Morgan fingerprint density at radius 2 is 1.52 bits per heavy atom. The van der Waals surface area contributed by atoms with Crippen LogP contribution in [0.2, 0.25) is 0 Å². The van der Waals surface area contributed by atoms with Gasteiger partial charge in [-0.1, -0.05) is 76.0 Å². The van der Waals surface area contributed by atoms with Gasteiger partial charge in [0.2, 0.25) is 11.8 Å². The van der Waals surface area contributed by atoms with Crippen LogP contribution in [0.5, 0.6) is 0 Å². The van der Waals surface area contributed by atoms with Crippen molar-refractivity contribution in [2.45, 2.75) is 123 Å². The molecule has 0 aliphatic carbocycles. The Balaban J connectivity index is -0.0000000900. The quantitative estimate of drug-likeness (QED) is 0.169. The van der Waals surface area contributed by atoms with Gasteiger partial charge in [0, 0.05) is 31.0 Å². The highest BCUT2D eigenvalue weighted by Crippen LogP contribution is 2.27. The minimum absolute atomic E-state index is 0. The number of likely N-dealkylation sites (tertiary alicyclic amines) is 1. The second-order valence-electron chi connectivity index (χ2n) is 10.1. The van der Waals surface area contributed by atoms with Gasteiger partial charge in [-0.05, 0) is 80.6 Å². The van der Waals surface area contributed by atoms with Gasteiger partial charge in [0.1, 0.15) is 5.78 Å². The summed E-state index contributed by atoms with van der Waals surface area (Å²) in [7, 11) is 7.78. The number of Topliss-reactive ketones (excluding diaryl/α,β-unsaturated/α-hetero) is 1. The molecule has 0 aromatic heterocycles. The van der Waals surface area contributed by atoms with E-state index in [1.165, 1.54) is 32.7 Å². The van der Waals surface area contributed by atoms with E-state index < -0.39 is 5.41 Å². The zero-order valence-electron chi connectivity index (χ0n) is 25.1. The van der Waals surface area contributed by atoms with Crippen LogP contribution in [-0.4, -0.2) is 81.4 Å². The molecule has 0 radical (unpaired) electrons. The fourth-order valence-electron chi connectivity index (χ4n) is 3.11. The number of nitrogens with zero attached hydrogens (tertiary/aromatic N) is 1. The van der Waals surface area contributed by atoms with E-state index in [0.29, 0.717) is 12.8 Å². The van der Waals surface area contributed by atoms with Crippen molar-refractivity contribution in [1.82, 2.24) is 26.2 Å². The van der Waals surface area contributed by atoms with Crippen LogP contribution in [0, 0.1) is 11.3 Å². The van der Waals surface area contributed by atoms with Crippen LogP contribution < -0.4 is 21.3 Å². The van der Waals surface area contributed by atoms with E-state index in [-0.39, 0.29) is 65.8 Å². The van der Waals surface area contributed by atoms with Gasteiger partial charge < -0.3 is 26.2 Å². The Morgan fingerprint density at radius 3 is 1.77 bits per heavy atom. The molecule has 0 spiro atoms. The second kappa shape index (κ2) is 33.6. The second-order valence-corrected chi connectivity index (χ2v) is 10.6. The first kappa shape index (κ1) is 54.5. The average Bonchev–Trinajstić information content (AvgIpc) is 3.17. The molecule has 1 rings (SSSR count). The maximum atomic E-state index is 12.1. The molecule has 1 aliphatic heterocycles. The molecule has 1 atom stereocenters. The Morgan fingerprint density at radius 1 is 1.02 bits per heavy atom. The number of thiocarbonyl (C=S) groups is 1. The van der Waals surface area contributed by atoms with E-state index in [2.05, 4.69) is 40.1 Å². The largest absolute Gasteiger partial charge is 0.369 e. The summed E-state index contributed by atoms with van der Waals surface area (Å²) >= 11 is 4.97. The summed E-state index contributed by atoms with van der Waals surface area (Å²) in [5.74, 6) is -0.493. The van der Waals surface area contributed by atoms with Crippen LogP contribution in [0.4, 0.5) is 0 Å². The van der Waals surface area contributed by atoms with Gasteiger partial charge in [-0.3, -0.25) is 14.4 Å². The molecule has 246 valence electrons. The molecule has 0 aromatic carbocycles. The molecule has 8 nitrogen and oxygen atoms in total. The van der Waals surface area contributed by atoms with E-state index in [1.807, 2.05) is 41.9 Å². The van der Waals surface area contributed by atoms with Gasteiger partial charge in [0.15, 0.2) is 0 Å². The van der Waals surface area contributed by atoms with E-state index in [4.69, 9.17) is 12.2 Å². The van der Waals surface area contributed by atoms with Crippen molar-refractivity contribution in [3.8, 4) is 0 Å². The zero-order valence-corrected chi connectivity index (χ0v) is 25.9. The molecule has 1 heterocycles. The number of hydrogen-bond donors (Lipinski definition) is 4. The van der Waals surface area contributed by atoms with Gasteiger partial charge >= 0.3 is 0 Å². The van der Waals surface area contributed by atoms with Crippen molar-refractivity contribution >= 4 is 34.8 Å². The summed E-state index contributed by atoms with van der Waals surface area (Å²) in [6.45, 7) is 15.3. The van der Waals surface area contributed by atoms with E-state index in [9.17, 15) is 14.4 Å². The Kier molecular flexibility index (Phi) is 45.8. The molecule has 0 bridgehead atoms. The van der Waals surface area contributed by atoms with E-state index in [1.54, 1.807) is 13.8 Å². The van der Waals surface area contributed by atoms with Crippen LogP contribution >= 0.6 is 12.2 Å². The first-order chi connectivity index (χ1) is 16.7. The number of amides is 2. The third-order valence-corrected chi connectivity index (χ3v) is 5.77. The summed E-state index contributed by atoms with van der Waals surface area (Å²) in [5.41, 5.74) is -0.676. The Labute approximate surface area is 257 Å². The molecule has 1 saturated heterocycles. The van der Waals surface area contributed by atoms with Crippen molar-refractivity contribution in [3.05, 3.63) is 0 Å². The Hall–Kier alpha value is -1.58. The molecule has 9 heteroatoms. The van der Waals surface area contributed by atoms with Crippen LogP contribution in [-0.2, 0) is 14.4 Å². The smallest absolute Gasteiger partial charge is 0.226 e. The van der Waals surface area contributed by atoms with Crippen LogP contribution in [0.15, 0.2) is 0 Å². The number of ketones is 1. The van der Waals surface area contributed by atoms with Gasteiger partial charge in [0.25, 0.3) is 0 Å².